The highest BCUT2D eigenvalue weighted by Gasteiger charge is 2.45. The molecule has 0 aliphatic carbocycles. The van der Waals surface area contributed by atoms with E-state index in [1.54, 1.807) is 0 Å². The van der Waals surface area contributed by atoms with Crippen molar-refractivity contribution in [3.05, 3.63) is 186 Å². The lowest BCUT2D eigenvalue weighted by Crippen LogP contribution is -2.61. The normalized spacial score (nSPS) is 13.5. The van der Waals surface area contributed by atoms with Gasteiger partial charge >= 0.3 is 0 Å². The third-order valence-corrected chi connectivity index (χ3v) is 13.4. The predicted molar refractivity (Wildman–Crippen MR) is 272 cm³/mol. The van der Waals surface area contributed by atoms with Gasteiger partial charge in [-0.25, -0.2) is 0 Å². The number of aryl methyl sites for hydroxylation is 2. The van der Waals surface area contributed by atoms with E-state index in [1.807, 2.05) is 0 Å². The second-order valence-corrected chi connectivity index (χ2v) is 21.0. The fourth-order valence-electron chi connectivity index (χ4n) is 9.98. The SMILES string of the molecule is Cc1cc(C(C)(C)C)ccc1N(c1ccc2c(c1)N(c1ccccc1)c1cc(C(C)(C)C)cc3c1B2c1cc2ccccn2c1N3c1ccccc1)c1ccc(C(C)(C)C)cc1C. The van der Waals surface area contributed by atoms with Gasteiger partial charge in [0.2, 0.25) is 0 Å². The molecule has 0 saturated heterocycles. The van der Waals surface area contributed by atoms with Crippen LogP contribution in [0.5, 0.6) is 0 Å². The highest BCUT2D eigenvalue weighted by molar-refractivity contribution is 7.00. The van der Waals surface area contributed by atoms with Crippen LogP contribution in [0.25, 0.3) is 5.52 Å². The Balaban J connectivity index is 1.29. The molecule has 2 aromatic heterocycles. The van der Waals surface area contributed by atoms with E-state index in [9.17, 15) is 0 Å². The summed E-state index contributed by atoms with van der Waals surface area (Å²) >= 11 is 0. The van der Waals surface area contributed by atoms with Crippen molar-refractivity contribution < 1.29 is 0 Å². The summed E-state index contributed by atoms with van der Waals surface area (Å²) in [5.74, 6) is 1.19. The molecular weight excluding hydrogens is 763 g/mol. The average Bonchev–Trinajstić information content (AvgIpc) is 3.63. The lowest BCUT2D eigenvalue weighted by atomic mass is 9.34. The highest BCUT2D eigenvalue weighted by Crippen LogP contribution is 2.48. The molecule has 2 aliphatic heterocycles. The summed E-state index contributed by atoms with van der Waals surface area (Å²) in [7, 11) is 0. The van der Waals surface area contributed by atoms with Crippen molar-refractivity contribution in [2.45, 2.75) is 92.4 Å². The van der Waals surface area contributed by atoms with E-state index in [2.05, 4.69) is 253 Å². The molecule has 0 bridgehead atoms. The third kappa shape index (κ3) is 6.75. The van der Waals surface area contributed by atoms with E-state index in [0.717, 1.165) is 17.1 Å². The van der Waals surface area contributed by atoms with Crippen molar-refractivity contribution in [1.29, 1.82) is 0 Å². The first-order valence-corrected chi connectivity index (χ1v) is 22.6. The Morgan fingerprint density at radius 2 is 0.968 bits per heavy atom. The zero-order valence-corrected chi connectivity index (χ0v) is 38.9. The Hall–Kier alpha value is -6.46. The zero-order valence-electron chi connectivity index (χ0n) is 38.9. The van der Waals surface area contributed by atoms with Gasteiger partial charge in [-0.05, 0) is 153 Å². The van der Waals surface area contributed by atoms with Gasteiger partial charge in [0.05, 0.1) is 0 Å². The number of para-hydroxylation sites is 2. The van der Waals surface area contributed by atoms with Crippen molar-refractivity contribution in [2.75, 3.05) is 14.7 Å². The minimum Gasteiger partial charge on any atom is -0.311 e. The molecule has 314 valence electrons. The maximum atomic E-state index is 2.55. The van der Waals surface area contributed by atoms with Crippen molar-refractivity contribution in [3.8, 4) is 0 Å². The summed E-state index contributed by atoms with van der Waals surface area (Å²) in [5.41, 5.74) is 21.0. The Labute approximate surface area is 375 Å². The van der Waals surface area contributed by atoms with Crippen LogP contribution in [0.15, 0.2) is 158 Å². The van der Waals surface area contributed by atoms with Gasteiger partial charge in [0.15, 0.2) is 0 Å². The molecule has 0 amide bonds. The smallest absolute Gasteiger partial charge is 0.254 e. The monoisotopic (exact) mass is 822 g/mol. The molecule has 0 atom stereocenters. The number of hydrogen-bond donors (Lipinski definition) is 0. The van der Waals surface area contributed by atoms with Gasteiger partial charge in [-0.15, -0.1) is 0 Å². The van der Waals surface area contributed by atoms with Crippen LogP contribution in [-0.2, 0) is 16.2 Å². The summed E-state index contributed by atoms with van der Waals surface area (Å²) in [6, 6.07) is 57.3. The highest BCUT2D eigenvalue weighted by atomic mass is 15.2. The first kappa shape index (κ1) is 40.6. The Morgan fingerprint density at radius 3 is 1.51 bits per heavy atom. The molecule has 4 heterocycles. The largest absolute Gasteiger partial charge is 0.311 e. The molecule has 63 heavy (non-hydrogen) atoms. The molecule has 2 aliphatic rings. The second-order valence-electron chi connectivity index (χ2n) is 21.0. The van der Waals surface area contributed by atoms with Gasteiger partial charge in [0, 0.05) is 57.2 Å². The van der Waals surface area contributed by atoms with E-state index in [4.69, 9.17) is 0 Å². The molecule has 8 aromatic rings. The van der Waals surface area contributed by atoms with Crippen LogP contribution in [0.4, 0.5) is 51.3 Å². The minimum atomic E-state index is -0.111. The molecule has 10 rings (SSSR count). The summed E-state index contributed by atoms with van der Waals surface area (Å²) in [6.07, 6.45) is 2.23. The summed E-state index contributed by atoms with van der Waals surface area (Å²) in [5, 5.41) is 0. The van der Waals surface area contributed by atoms with E-state index in [1.165, 1.54) is 84.0 Å². The number of benzene rings is 6. The van der Waals surface area contributed by atoms with Crippen molar-refractivity contribution >= 4 is 79.9 Å². The number of rotatable bonds is 5. The zero-order chi connectivity index (χ0) is 44.2. The van der Waals surface area contributed by atoms with Crippen LogP contribution in [0.2, 0.25) is 0 Å². The summed E-state index contributed by atoms with van der Waals surface area (Å²) in [6.45, 7) is 25.4. The Morgan fingerprint density at radius 1 is 0.444 bits per heavy atom. The van der Waals surface area contributed by atoms with E-state index >= 15 is 0 Å². The standard InChI is InChI=1S/C58H59BN4/c1-38-32-40(56(3,4)5)25-29-49(38)62(50-30-26-41(33-39(50)2)57(6,7)8)46-27-28-47-51(37-46)61(43-20-14-12-15-21-43)52-34-42(58(9,10)11)35-53-54(52)59(47)48-36-45-24-18-19-31-60(45)55(48)63(53)44-22-16-13-17-23-44/h12-37H,1-11H3. The molecule has 5 heteroatoms. The Kier molecular flexibility index (Phi) is 9.38. The molecule has 0 fully saturated rings. The maximum Gasteiger partial charge on any atom is 0.254 e. The maximum absolute atomic E-state index is 2.55. The van der Waals surface area contributed by atoms with Crippen molar-refractivity contribution in [1.82, 2.24) is 4.40 Å². The fraction of sp³-hybridized carbons (Fsp3) is 0.241. The first-order valence-electron chi connectivity index (χ1n) is 22.6. The fourth-order valence-corrected chi connectivity index (χ4v) is 9.98. The van der Waals surface area contributed by atoms with Gasteiger partial charge in [-0.3, -0.25) is 4.90 Å². The Bertz CT molecular complexity index is 2990. The number of aromatic nitrogens is 1. The van der Waals surface area contributed by atoms with Crippen molar-refractivity contribution in [3.63, 3.8) is 0 Å². The predicted octanol–water partition coefficient (Wildman–Crippen LogP) is 14.0. The third-order valence-electron chi connectivity index (χ3n) is 13.4. The molecule has 4 nitrogen and oxygen atoms in total. The van der Waals surface area contributed by atoms with E-state index in [-0.39, 0.29) is 23.0 Å². The van der Waals surface area contributed by atoms with Crippen LogP contribution in [-0.4, -0.2) is 11.1 Å². The molecule has 0 spiro atoms. The second kappa shape index (κ2) is 14.6. The average molecular weight is 823 g/mol. The first-order chi connectivity index (χ1) is 30.0. The molecular formula is C58H59BN4. The van der Waals surface area contributed by atoms with Crippen LogP contribution >= 0.6 is 0 Å². The number of hydrogen-bond acceptors (Lipinski definition) is 3. The number of fused-ring (bicyclic) bond motifs is 6. The van der Waals surface area contributed by atoms with Gasteiger partial charge in [0.25, 0.3) is 6.71 Å². The quantitative estimate of drug-likeness (QED) is 0.161. The topological polar surface area (TPSA) is 14.1 Å². The molecule has 0 unspecified atom stereocenters. The van der Waals surface area contributed by atoms with Gasteiger partial charge in [-0.2, -0.15) is 0 Å². The number of pyridine rings is 1. The molecule has 0 N–H and O–H groups in total. The molecule has 0 saturated carbocycles. The lowest BCUT2D eigenvalue weighted by molar-refractivity contribution is 0.589. The van der Waals surface area contributed by atoms with E-state index < -0.39 is 0 Å². The van der Waals surface area contributed by atoms with Gasteiger partial charge in [0.1, 0.15) is 5.82 Å². The van der Waals surface area contributed by atoms with E-state index in [0.29, 0.717) is 0 Å². The summed E-state index contributed by atoms with van der Waals surface area (Å²) < 4.78 is 2.39. The lowest BCUT2D eigenvalue weighted by Gasteiger charge is -2.44. The van der Waals surface area contributed by atoms with Crippen LogP contribution in [0, 0.1) is 13.8 Å². The van der Waals surface area contributed by atoms with Gasteiger partial charge in [-0.1, -0.05) is 135 Å². The molecule has 0 radical (unpaired) electrons. The van der Waals surface area contributed by atoms with Crippen LogP contribution in [0.1, 0.15) is 90.1 Å². The molecule has 6 aromatic carbocycles. The summed E-state index contributed by atoms with van der Waals surface area (Å²) in [4.78, 5) is 7.58. The van der Waals surface area contributed by atoms with Crippen LogP contribution in [0.3, 0.4) is 0 Å². The van der Waals surface area contributed by atoms with Crippen molar-refractivity contribution in [2.24, 2.45) is 0 Å². The number of anilines is 9. The number of nitrogens with zero attached hydrogens (tertiary/aromatic N) is 4. The minimum absolute atomic E-state index is 0.00282. The van der Waals surface area contributed by atoms with Crippen LogP contribution < -0.4 is 31.1 Å². The van der Waals surface area contributed by atoms with Gasteiger partial charge < -0.3 is 14.2 Å².